The molecular formula is C20H21BrN4O2S. The van der Waals surface area contributed by atoms with E-state index in [1.807, 2.05) is 66.9 Å². The van der Waals surface area contributed by atoms with Crippen molar-refractivity contribution >= 4 is 39.3 Å². The molecule has 0 bridgehead atoms. The summed E-state index contributed by atoms with van der Waals surface area (Å²) in [6.45, 7) is 5.30. The lowest BCUT2D eigenvalue weighted by Gasteiger charge is -2.09. The number of carbonyl (C=O) groups excluding carboxylic acids is 1. The Morgan fingerprint density at radius 1 is 1.14 bits per heavy atom. The molecule has 0 radical (unpaired) electrons. The van der Waals surface area contributed by atoms with Crippen LogP contribution in [0.4, 0.5) is 5.69 Å². The summed E-state index contributed by atoms with van der Waals surface area (Å²) < 4.78 is 8.37. The quantitative estimate of drug-likeness (QED) is 0.486. The van der Waals surface area contributed by atoms with Gasteiger partial charge in [-0.3, -0.25) is 4.79 Å². The SMILES string of the molecule is CCOc1ccc(NC(=O)CSc2nnc(-c3ccccc3Br)n2CC)cc1. The Balaban J connectivity index is 1.64. The number of nitrogens with zero attached hydrogens (tertiary/aromatic N) is 3. The van der Waals surface area contributed by atoms with Gasteiger partial charge in [-0.2, -0.15) is 0 Å². The Hall–Kier alpha value is -2.32. The van der Waals surface area contributed by atoms with Gasteiger partial charge >= 0.3 is 0 Å². The molecule has 146 valence electrons. The summed E-state index contributed by atoms with van der Waals surface area (Å²) in [7, 11) is 0. The normalized spacial score (nSPS) is 10.7. The molecule has 0 saturated carbocycles. The van der Waals surface area contributed by atoms with Crippen LogP contribution >= 0.6 is 27.7 Å². The summed E-state index contributed by atoms with van der Waals surface area (Å²) in [5.41, 5.74) is 1.71. The van der Waals surface area contributed by atoms with E-state index in [1.54, 1.807) is 0 Å². The molecule has 6 nitrogen and oxygen atoms in total. The molecule has 28 heavy (non-hydrogen) atoms. The van der Waals surface area contributed by atoms with Crippen LogP contribution in [0.1, 0.15) is 13.8 Å². The average molecular weight is 461 g/mol. The number of halogens is 1. The lowest BCUT2D eigenvalue weighted by molar-refractivity contribution is -0.113. The average Bonchev–Trinajstić information content (AvgIpc) is 3.11. The number of rotatable bonds is 8. The van der Waals surface area contributed by atoms with Crippen molar-refractivity contribution in [1.82, 2.24) is 14.8 Å². The maximum Gasteiger partial charge on any atom is 0.234 e. The van der Waals surface area contributed by atoms with Crippen LogP contribution in [0.2, 0.25) is 0 Å². The van der Waals surface area contributed by atoms with E-state index < -0.39 is 0 Å². The zero-order valence-electron chi connectivity index (χ0n) is 15.7. The molecular weight excluding hydrogens is 440 g/mol. The number of thioether (sulfide) groups is 1. The van der Waals surface area contributed by atoms with E-state index in [4.69, 9.17) is 4.74 Å². The van der Waals surface area contributed by atoms with E-state index in [9.17, 15) is 4.79 Å². The number of aromatic nitrogens is 3. The molecule has 0 aliphatic heterocycles. The van der Waals surface area contributed by atoms with Crippen molar-refractivity contribution < 1.29 is 9.53 Å². The minimum atomic E-state index is -0.0951. The van der Waals surface area contributed by atoms with Gasteiger partial charge in [-0.1, -0.05) is 45.9 Å². The third kappa shape index (κ3) is 4.94. The van der Waals surface area contributed by atoms with Crippen LogP contribution in [-0.4, -0.2) is 33.0 Å². The zero-order valence-corrected chi connectivity index (χ0v) is 18.1. The maximum absolute atomic E-state index is 12.3. The Morgan fingerprint density at radius 2 is 1.89 bits per heavy atom. The number of hydrogen-bond donors (Lipinski definition) is 1. The van der Waals surface area contributed by atoms with Crippen LogP contribution in [0.3, 0.4) is 0 Å². The standard InChI is InChI=1S/C20H21BrN4O2S/c1-3-25-19(16-7-5-6-8-17(16)21)23-24-20(25)28-13-18(26)22-14-9-11-15(12-10-14)27-4-2/h5-12H,3-4,13H2,1-2H3,(H,22,26). The van der Waals surface area contributed by atoms with Crippen molar-refractivity contribution in [3.63, 3.8) is 0 Å². The number of amides is 1. The fourth-order valence-electron chi connectivity index (χ4n) is 2.65. The van der Waals surface area contributed by atoms with Crippen molar-refractivity contribution in [2.75, 3.05) is 17.7 Å². The number of carbonyl (C=O) groups is 1. The fourth-order valence-corrected chi connectivity index (χ4v) is 3.92. The first-order chi connectivity index (χ1) is 13.6. The van der Waals surface area contributed by atoms with Crippen molar-refractivity contribution in [2.24, 2.45) is 0 Å². The van der Waals surface area contributed by atoms with E-state index >= 15 is 0 Å². The van der Waals surface area contributed by atoms with Gasteiger partial charge in [-0.05, 0) is 44.2 Å². The first-order valence-electron chi connectivity index (χ1n) is 8.96. The molecule has 0 aliphatic carbocycles. The van der Waals surface area contributed by atoms with E-state index in [2.05, 4.69) is 31.4 Å². The fraction of sp³-hybridized carbons (Fsp3) is 0.250. The van der Waals surface area contributed by atoms with Crippen molar-refractivity contribution in [3.05, 3.63) is 53.0 Å². The highest BCUT2D eigenvalue weighted by molar-refractivity contribution is 9.10. The van der Waals surface area contributed by atoms with Gasteiger partial charge in [-0.15, -0.1) is 10.2 Å². The van der Waals surface area contributed by atoms with Crippen LogP contribution in [0.25, 0.3) is 11.4 Å². The minimum absolute atomic E-state index is 0.0951. The summed E-state index contributed by atoms with van der Waals surface area (Å²) in [5.74, 6) is 1.72. The third-order valence-corrected chi connectivity index (χ3v) is 5.59. The number of ether oxygens (including phenoxy) is 1. The molecule has 1 heterocycles. The molecule has 8 heteroatoms. The lowest BCUT2D eigenvalue weighted by atomic mass is 10.2. The molecule has 0 saturated heterocycles. The summed E-state index contributed by atoms with van der Waals surface area (Å²) in [6.07, 6.45) is 0. The largest absolute Gasteiger partial charge is 0.494 e. The van der Waals surface area contributed by atoms with Crippen LogP contribution < -0.4 is 10.1 Å². The molecule has 3 rings (SSSR count). The highest BCUT2D eigenvalue weighted by atomic mass is 79.9. The molecule has 1 amide bonds. The van der Waals surface area contributed by atoms with Crippen LogP contribution in [0, 0.1) is 0 Å². The number of nitrogens with one attached hydrogen (secondary N) is 1. The van der Waals surface area contributed by atoms with Gasteiger partial charge in [0, 0.05) is 22.3 Å². The van der Waals surface area contributed by atoms with Crippen molar-refractivity contribution in [2.45, 2.75) is 25.5 Å². The molecule has 0 spiro atoms. The third-order valence-electron chi connectivity index (χ3n) is 3.93. The van der Waals surface area contributed by atoms with Gasteiger partial charge in [0.25, 0.3) is 0 Å². The van der Waals surface area contributed by atoms with Crippen LogP contribution in [0.15, 0.2) is 58.2 Å². The molecule has 0 atom stereocenters. The summed E-state index contributed by atoms with van der Waals surface area (Å²) in [6, 6.07) is 15.2. The zero-order chi connectivity index (χ0) is 19.9. The van der Waals surface area contributed by atoms with Gasteiger partial charge < -0.3 is 14.6 Å². The van der Waals surface area contributed by atoms with E-state index in [1.165, 1.54) is 11.8 Å². The minimum Gasteiger partial charge on any atom is -0.494 e. The second-order valence-electron chi connectivity index (χ2n) is 5.82. The number of anilines is 1. The molecule has 3 aromatic rings. The molecule has 1 N–H and O–H groups in total. The molecule has 1 aromatic heterocycles. The van der Waals surface area contributed by atoms with E-state index in [-0.39, 0.29) is 11.7 Å². The van der Waals surface area contributed by atoms with Gasteiger partial charge in [-0.25, -0.2) is 0 Å². The van der Waals surface area contributed by atoms with E-state index in [0.717, 1.165) is 32.5 Å². The second-order valence-corrected chi connectivity index (χ2v) is 7.62. The highest BCUT2D eigenvalue weighted by Crippen LogP contribution is 2.29. The smallest absolute Gasteiger partial charge is 0.234 e. The molecule has 0 fully saturated rings. The highest BCUT2D eigenvalue weighted by Gasteiger charge is 2.16. The second kappa shape index (κ2) is 9.75. The Morgan fingerprint density at radius 3 is 2.57 bits per heavy atom. The molecule has 0 unspecified atom stereocenters. The molecule has 2 aromatic carbocycles. The predicted octanol–water partition coefficient (Wildman–Crippen LogP) is 4.86. The summed E-state index contributed by atoms with van der Waals surface area (Å²) in [5, 5.41) is 12.2. The Labute approximate surface area is 176 Å². The monoisotopic (exact) mass is 460 g/mol. The number of hydrogen-bond acceptors (Lipinski definition) is 5. The van der Waals surface area contributed by atoms with Gasteiger partial charge in [0.05, 0.1) is 12.4 Å². The van der Waals surface area contributed by atoms with Gasteiger partial charge in [0.2, 0.25) is 5.91 Å². The van der Waals surface area contributed by atoms with Gasteiger partial charge in [0.15, 0.2) is 11.0 Å². The lowest BCUT2D eigenvalue weighted by Crippen LogP contribution is -2.14. The summed E-state index contributed by atoms with van der Waals surface area (Å²) >= 11 is 4.93. The molecule has 0 aliphatic rings. The van der Waals surface area contributed by atoms with E-state index in [0.29, 0.717) is 13.2 Å². The summed E-state index contributed by atoms with van der Waals surface area (Å²) in [4.78, 5) is 12.3. The first-order valence-corrected chi connectivity index (χ1v) is 10.7. The first kappa shape index (κ1) is 20.4. The van der Waals surface area contributed by atoms with Crippen LogP contribution in [-0.2, 0) is 11.3 Å². The van der Waals surface area contributed by atoms with Crippen molar-refractivity contribution in [1.29, 1.82) is 0 Å². The maximum atomic E-state index is 12.3. The Kier molecular flexibility index (Phi) is 7.11. The predicted molar refractivity (Wildman–Crippen MR) is 116 cm³/mol. The van der Waals surface area contributed by atoms with Gasteiger partial charge in [0.1, 0.15) is 5.75 Å². The van der Waals surface area contributed by atoms with Crippen LogP contribution in [0.5, 0.6) is 5.75 Å². The Bertz CT molecular complexity index is 944. The topological polar surface area (TPSA) is 69.0 Å². The van der Waals surface area contributed by atoms with Crippen molar-refractivity contribution in [3.8, 4) is 17.1 Å². The number of benzene rings is 2.